The highest BCUT2D eigenvalue weighted by Gasteiger charge is 2.09. The third-order valence-corrected chi connectivity index (χ3v) is 2.34. The van der Waals surface area contributed by atoms with Crippen molar-refractivity contribution in [3.05, 3.63) is 41.2 Å². The Hall–Kier alpha value is -2.70. The van der Waals surface area contributed by atoms with E-state index >= 15 is 0 Å². The first kappa shape index (κ1) is 12.7. The van der Waals surface area contributed by atoms with Crippen molar-refractivity contribution in [2.24, 2.45) is 0 Å². The first-order chi connectivity index (χ1) is 9.04. The molecule has 0 aliphatic heterocycles. The Labute approximate surface area is 109 Å². The summed E-state index contributed by atoms with van der Waals surface area (Å²) in [6.45, 7) is 1.83. The van der Waals surface area contributed by atoms with Gasteiger partial charge in [0.1, 0.15) is 0 Å². The Morgan fingerprint density at radius 2 is 1.68 bits per heavy atom. The van der Waals surface area contributed by atoms with Crippen molar-refractivity contribution < 1.29 is 9.53 Å². The second-order valence-electron chi connectivity index (χ2n) is 3.91. The highest BCUT2D eigenvalue weighted by Crippen LogP contribution is 2.07. The molecule has 1 aromatic heterocycles. The number of ether oxygens (including phenoxy) is 1. The summed E-state index contributed by atoms with van der Waals surface area (Å²) in [7, 11) is 0. The standard InChI is InChI=1S/C12H13N5O2/c1-7-2-4-8(5-3-7)10(18)19-6-9-15-11(13)17-12(14)16-9/h2-5H,6H2,1H3,(H4,13,14,15,16,17). The molecule has 0 aliphatic rings. The summed E-state index contributed by atoms with van der Waals surface area (Å²) in [6.07, 6.45) is 0. The van der Waals surface area contributed by atoms with Gasteiger partial charge >= 0.3 is 5.97 Å². The fraction of sp³-hybridized carbons (Fsp3) is 0.167. The lowest BCUT2D eigenvalue weighted by Crippen LogP contribution is -2.11. The number of carbonyl (C=O) groups is 1. The number of rotatable bonds is 3. The number of aromatic nitrogens is 3. The highest BCUT2D eigenvalue weighted by molar-refractivity contribution is 5.89. The molecule has 0 spiro atoms. The number of aryl methyl sites for hydroxylation is 1. The maximum atomic E-state index is 11.7. The Kier molecular flexibility index (Phi) is 3.56. The summed E-state index contributed by atoms with van der Waals surface area (Å²) in [6, 6.07) is 7.03. The van der Waals surface area contributed by atoms with Gasteiger partial charge in [0.25, 0.3) is 0 Å². The predicted octanol–water partition coefficient (Wildman–Crippen LogP) is 0.701. The smallest absolute Gasteiger partial charge is 0.338 e. The van der Waals surface area contributed by atoms with Crippen molar-refractivity contribution in [1.29, 1.82) is 0 Å². The molecule has 0 radical (unpaired) electrons. The van der Waals surface area contributed by atoms with E-state index in [0.717, 1.165) is 5.56 Å². The first-order valence-electron chi connectivity index (χ1n) is 5.54. The molecule has 0 bridgehead atoms. The molecule has 0 amide bonds. The number of nitrogens with two attached hydrogens (primary N) is 2. The number of hydrogen-bond acceptors (Lipinski definition) is 7. The second kappa shape index (κ2) is 5.30. The second-order valence-corrected chi connectivity index (χ2v) is 3.91. The summed E-state index contributed by atoms with van der Waals surface area (Å²) < 4.78 is 5.06. The molecule has 2 rings (SSSR count). The molecule has 7 nitrogen and oxygen atoms in total. The third kappa shape index (κ3) is 3.38. The molecular formula is C12H13N5O2. The van der Waals surface area contributed by atoms with Gasteiger partial charge in [-0.05, 0) is 19.1 Å². The Morgan fingerprint density at radius 3 is 2.26 bits per heavy atom. The van der Waals surface area contributed by atoms with E-state index < -0.39 is 5.97 Å². The lowest BCUT2D eigenvalue weighted by Gasteiger charge is -2.05. The molecule has 0 unspecified atom stereocenters. The molecule has 0 saturated heterocycles. The zero-order valence-electron chi connectivity index (χ0n) is 10.3. The number of carbonyl (C=O) groups excluding carboxylic acids is 1. The predicted molar refractivity (Wildman–Crippen MR) is 69.0 cm³/mol. The number of benzene rings is 1. The quantitative estimate of drug-likeness (QED) is 0.779. The van der Waals surface area contributed by atoms with Crippen LogP contribution in [0.5, 0.6) is 0 Å². The molecule has 1 aromatic carbocycles. The molecular weight excluding hydrogens is 246 g/mol. The monoisotopic (exact) mass is 259 g/mol. The van der Waals surface area contributed by atoms with Gasteiger partial charge in [-0.3, -0.25) is 0 Å². The minimum absolute atomic E-state index is 0.00566. The van der Waals surface area contributed by atoms with Crippen LogP contribution in [0.25, 0.3) is 0 Å². The Morgan fingerprint density at radius 1 is 1.11 bits per heavy atom. The number of anilines is 2. The van der Waals surface area contributed by atoms with Crippen molar-refractivity contribution in [1.82, 2.24) is 15.0 Å². The van der Waals surface area contributed by atoms with Gasteiger partial charge in [-0.2, -0.15) is 15.0 Å². The maximum absolute atomic E-state index is 11.7. The average Bonchev–Trinajstić information content (AvgIpc) is 2.36. The SMILES string of the molecule is Cc1ccc(C(=O)OCc2nc(N)nc(N)n2)cc1. The molecule has 0 aliphatic carbocycles. The molecule has 0 saturated carbocycles. The van der Waals surface area contributed by atoms with Crippen LogP contribution in [0, 0.1) is 6.92 Å². The van der Waals surface area contributed by atoms with Crippen LogP contribution in [0.3, 0.4) is 0 Å². The molecule has 98 valence electrons. The number of esters is 1. The van der Waals surface area contributed by atoms with Crippen LogP contribution in [0.15, 0.2) is 24.3 Å². The highest BCUT2D eigenvalue weighted by atomic mass is 16.5. The molecule has 0 fully saturated rings. The summed E-state index contributed by atoms with van der Waals surface area (Å²) >= 11 is 0. The van der Waals surface area contributed by atoms with E-state index in [1.165, 1.54) is 0 Å². The molecule has 19 heavy (non-hydrogen) atoms. The van der Waals surface area contributed by atoms with Crippen molar-refractivity contribution >= 4 is 17.9 Å². The van der Waals surface area contributed by atoms with Crippen molar-refractivity contribution in [2.75, 3.05) is 11.5 Å². The van der Waals surface area contributed by atoms with E-state index in [9.17, 15) is 4.79 Å². The van der Waals surface area contributed by atoms with Gasteiger partial charge in [-0.1, -0.05) is 17.7 Å². The van der Waals surface area contributed by atoms with Crippen LogP contribution in [0.2, 0.25) is 0 Å². The molecule has 4 N–H and O–H groups in total. The molecule has 7 heteroatoms. The van der Waals surface area contributed by atoms with Gasteiger partial charge in [0.2, 0.25) is 11.9 Å². The summed E-state index contributed by atoms with van der Waals surface area (Å²) in [5.74, 6) is -0.259. The van der Waals surface area contributed by atoms with Gasteiger partial charge in [0.05, 0.1) is 5.56 Å². The lowest BCUT2D eigenvalue weighted by atomic mass is 10.1. The topological polar surface area (TPSA) is 117 Å². The number of nitrogens with zero attached hydrogens (tertiary/aromatic N) is 3. The molecule has 1 heterocycles. The average molecular weight is 259 g/mol. The van der Waals surface area contributed by atoms with E-state index in [4.69, 9.17) is 16.2 Å². The zero-order chi connectivity index (χ0) is 13.8. The maximum Gasteiger partial charge on any atom is 0.338 e. The summed E-state index contributed by atoms with van der Waals surface area (Å²) in [4.78, 5) is 23.0. The van der Waals surface area contributed by atoms with Gasteiger partial charge in [-0.15, -0.1) is 0 Å². The zero-order valence-corrected chi connectivity index (χ0v) is 10.3. The minimum atomic E-state index is -0.461. The first-order valence-corrected chi connectivity index (χ1v) is 5.54. The van der Waals surface area contributed by atoms with E-state index in [1.807, 2.05) is 19.1 Å². The van der Waals surface area contributed by atoms with E-state index in [2.05, 4.69) is 15.0 Å². The third-order valence-electron chi connectivity index (χ3n) is 2.34. The minimum Gasteiger partial charge on any atom is -0.454 e. The van der Waals surface area contributed by atoms with Crippen molar-refractivity contribution in [3.8, 4) is 0 Å². The van der Waals surface area contributed by atoms with Crippen LogP contribution >= 0.6 is 0 Å². The van der Waals surface area contributed by atoms with Crippen molar-refractivity contribution in [2.45, 2.75) is 13.5 Å². The van der Waals surface area contributed by atoms with E-state index in [0.29, 0.717) is 5.56 Å². The molecule has 2 aromatic rings. The summed E-state index contributed by atoms with van der Waals surface area (Å²) in [5.41, 5.74) is 12.3. The van der Waals surface area contributed by atoms with Crippen LogP contribution in [-0.4, -0.2) is 20.9 Å². The Balaban J connectivity index is 2.02. The largest absolute Gasteiger partial charge is 0.454 e. The number of hydrogen-bond donors (Lipinski definition) is 2. The van der Waals surface area contributed by atoms with Gasteiger partial charge in [0, 0.05) is 0 Å². The lowest BCUT2D eigenvalue weighted by molar-refractivity contribution is 0.0462. The van der Waals surface area contributed by atoms with Crippen LogP contribution in [0.1, 0.15) is 21.7 Å². The molecule has 0 atom stereocenters. The van der Waals surface area contributed by atoms with Crippen LogP contribution in [-0.2, 0) is 11.3 Å². The van der Waals surface area contributed by atoms with Gasteiger partial charge in [0.15, 0.2) is 12.4 Å². The van der Waals surface area contributed by atoms with Crippen molar-refractivity contribution in [3.63, 3.8) is 0 Å². The number of nitrogen functional groups attached to an aromatic ring is 2. The fourth-order valence-electron chi connectivity index (χ4n) is 1.42. The summed E-state index contributed by atoms with van der Waals surface area (Å²) in [5, 5.41) is 0. The van der Waals surface area contributed by atoms with E-state index in [1.54, 1.807) is 12.1 Å². The van der Waals surface area contributed by atoms with E-state index in [-0.39, 0.29) is 24.3 Å². The van der Waals surface area contributed by atoms with Crippen LogP contribution in [0.4, 0.5) is 11.9 Å². The van der Waals surface area contributed by atoms with Gasteiger partial charge in [-0.25, -0.2) is 4.79 Å². The van der Waals surface area contributed by atoms with Gasteiger partial charge < -0.3 is 16.2 Å². The fourth-order valence-corrected chi connectivity index (χ4v) is 1.42. The normalized spacial score (nSPS) is 10.2. The Bertz CT molecular complexity index is 577. The van der Waals surface area contributed by atoms with Crippen LogP contribution < -0.4 is 11.5 Å².